The monoisotopic (exact) mass is 417 g/mol. The van der Waals surface area contributed by atoms with Crippen molar-refractivity contribution in [1.29, 1.82) is 0 Å². The standard InChI is InChI=1S/C24H24N4OS/c29-23(11-10-18-14-25-20-9-5-4-8-19(18)20)27-24-26-21-12-13-28(16-22(21)30-24)15-17-6-2-1-3-7-17/h1-9,14,25H,10-13,15-16H2,(H,26,27,29)/p+1. The van der Waals surface area contributed by atoms with Gasteiger partial charge in [-0.05, 0) is 18.1 Å². The number of fused-ring (bicyclic) bond motifs is 2. The molecule has 5 rings (SSSR count). The molecule has 30 heavy (non-hydrogen) atoms. The second kappa shape index (κ2) is 8.42. The van der Waals surface area contributed by atoms with Crippen LogP contribution in [0.25, 0.3) is 10.9 Å². The number of hydrogen-bond donors (Lipinski definition) is 3. The Kier molecular flexibility index (Phi) is 5.34. The first kappa shape index (κ1) is 19.0. The molecule has 0 radical (unpaired) electrons. The zero-order valence-electron chi connectivity index (χ0n) is 16.8. The van der Waals surface area contributed by atoms with Gasteiger partial charge in [-0.15, -0.1) is 0 Å². The van der Waals surface area contributed by atoms with Crippen LogP contribution in [-0.2, 0) is 30.7 Å². The number of nitrogens with one attached hydrogen (secondary N) is 3. The molecular formula is C24H25N4OS+. The Labute approximate surface area is 179 Å². The third kappa shape index (κ3) is 4.15. The molecule has 1 atom stereocenters. The topological polar surface area (TPSA) is 62.2 Å². The number of amides is 1. The van der Waals surface area contributed by atoms with Crippen LogP contribution in [0.2, 0.25) is 0 Å². The third-order valence-corrected chi connectivity index (χ3v) is 6.76. The molecule has 2 aromatic carbocycles. The van der Waals surface area contributed by atoms with Gasteiger partial charge in [0.2, 0.25) is 5.91 Å². The van der Waals surface area contributed by atoms with Gasteiger partial charge in [-0.3, -0.25) is 4.79 Å². The lowest BCUT2D eigenvalue weighted by Gasteiger charge is -2.22. The summed E-state index contributed by atoms with van der Waals surface area (Å²) in [4.78, 5) is 23.3. The van der Waals surface area contributed by atoms with E-state index in [4.69, 9.17) is 4.98 Å². The Hall–Kier alpha value is -2.96. The molecule has 6 heteroatoms. The predicted octanol–water partition coefficient (Wildman–Crippen LogP) is 3.34. The van der Waals surface area contributed by atoms with Crippen molar-refractivity contribution in [2.45, 2.75) is 32.4 Å². The van der Waals surface area contributed by atoms with Gasteiger partial charge in [-0.2, -0.15) is 0 Å². The van der Waals surface area contributed by atoms with Gasteiger partial charge in [0.05, 0.1) is 17.1 Å². The van der Waals surface area contributed by atoms with Gasteiger partial charge < -0.3 is 15.2 Å². The highest BCUT2D eigenvalue weighted by Gasteiger charge is 2.24. The minimum atomic E-state index is 0.0277. The van der Waals surface area contributed by atoms with Crippen LogP contribution in [-0.4, -0.2) is 22.4 Å². The number of carbonyl (C=O) groups excluding carboxylic acids is 1. The molecule has 2 aromatic heterocycles. The van der Waals surface area contributed by atoms with E-state index < -0.39 is 0 Å². The van der Waals surface area contributed by atoms with Crippen molar-refractivity contribution in [2.75, 3.05) is 11.9 Å². The molecule has 0 spiro atoms. The van der Waals surface area contributed by atoms with Crippen LogP contribution < -0.4 is 10.2 Å². The Morgan fingerprint density at radius 2 is 1.97 bits per heavy atom. The number of benzene rings is 2. The lowest BCUT2D eigenvalue weighted by Crippen LogP contribution is -3.10. The zero-order chi connectivity index (χ0) is 20.3. The maximum atomic E-state index is 12.5. The quantitative estimate of drug-likeness (QED) is 0.451. The van der Waals surface area contributed by atoms with Gasteiger partial charge in [0, 0.05) is 35.5 Å². The van der Waals surface area contributed by atoms with Crippen LogP contribution in [0.15, 0.2) is 60.8 Å². The average Bonchev–Trinajstić information content (AvgIpc) is 3.36. The number of quaternary nitrogens is 1. The Morgan fingerprint density at radius 3 is 2.87 bits per heavy atom. The van der Waals surface area contributed by atoms with Crippen molar-refractivity contribution in [3.8, 4) is 0 Å². The van der Waals surface area contributed by atoms with E-state index in [1.165, 1.54) is 21.4 Å². The highest BCUT2D eigenvalue weighted by molar-refractivity contribution is 7.15. The van der Waals surface area contributed by atoms with Crippen LogP contribution >= 0.6 is 11.3 Å². The van der Waals surface area contributed by atoms with Gasteiger partial charge in [0.1, 0.15) is 13.1 Å². The minimum Gasteiger partial charge on any atom is -0.361 e. The number of nitrogens with zero attached hydrogens (tertiary/aromatic N) is 1. The zero-order valence-corrected chi connectivity index (χ0v) is 17.6. The van der Waals surface area contributed by atoms with Gasteiger partial charge in [0.15, 0.2) is 5.13 Å². The smallest absolute Gasteiger partial charge is 0.226 e. The molecule has 0 saturated heterocycles. The van der Waals surface area contributed by atoms with E-state index in [0.29, 0.717) is 6.42 Å². The molecule has 0 fully saturated rings. The molecule has 0 aliphatic carbocycles. The van der Waals surface area contributed by atoms with E-state index in [2.05, 4.69) is 52.8 Å². The van der Waals surface area contributed by atoms with Gasteiger partial charge in [0.25, 0.3) is 0 Å². The molecule has 1 aliphatic heterocycles. The molecule has 0 bridgehead atoms. The fourth-order valence-electron chi connectivity index (χ4n) is 4.18. The van der Waals surface area contributed by atoms with Crippen LogP contribution in [0.3, 0.4) is 0 Å². The highest BCUT2D eigenvalue weighted by atomic mass is 32.1. The summed E-state index contributed by atoms with van der Waals surface area (Å²) in [5, 5.41) is 4.96. The maximum absolute atomic E-state index is 12.5. The number of rotatable bonds is 6. The minimum absolute atomic E-state index is 0.0277. The Bertz CT molecular complexity index is 1160. The first-order valence-corrected chi connectivity index (χ1v) is 11.3. The van der Waals surface area contributed by atoms with Crippen LogP contribution in [0.1, 0.15) is 28.1 Å². The first-order chi connectivity index (χ1) is 14.7. The number of H-pyrrole nitrogens is 1. The molecule has 1 amide bonds. The summed E-state index contributed by atoms with van der Waals surface area (Å²) in [6.45, 7) is 3.09. The van der Waals surface area contributed by atoms with E-state index in [1.807, 2.05) is 18.3 Å². The highest BCUT2D eigenvalue weighted by Crippen LogP contribution is 2.25. The predicted molar refractivity (Wildman–Crippen MR) is 121 cm³/mol. The number of aryl methyl sites for hydroxylation is 1. The Balaban J connectivity index is 1.18. The van der Waals surface area contributed by atoms with Crippen molar-refractivity contribution < 1.29 is 9.69 Å². The molecule has 0 saturated carbocycles. The normalized spacial score (nSPS) is 15.8. The molecule has 1 unspecified atom stereocenters. The number of thiazole rings is 1. The van der Waals surface area contributed by atoms with Crippen molar-refractivity contribution in [3.05, 3.63) is 82.5 Å². The first-order valence-electron chi connectivity index (χ1n) is 10.5. The largest absolute Gasteiger partial charge is 0.361 e. The van der Waals surface area contributed by atoms with Crippen molar-refractivity contribution >= 4 is 33.3 Å². The van der Waals surface area contributed by atoms with E-state index in [9.17, 15) is 4.79 Å². The van der Waals surface area contributed by atoms with E-state index >= 15 is 0 Å². The summed E-state index contributed by atoms with van der Waals surface area (Å²) in [5.74, 6) is 0.0277. The number of anilines is 1. The maximum Gasteiger partial charge on any atom is 0.226 e. The summed E-state index contributed by atoms with van der Waals surface area (Å²) >= 11 is 1.63. The van der Waals surface area contributed by atoms with E-state index in [-0.39, 0.29) is 5.91 Å². The van der Waals surface area contributed by atoms with Crippen LogP contribution in [0.4, 0.5) is 5.13 Å². The van der Waals surface area contributed by atoms with E-state index in [0.717, 1.165) is 48.8 Å². The molecule has 1 aliphatic rings. The second-order valence-corrected chi connectivity index (χ2v) is 8.97. The number of carbonyl (C=O) groups is 1. The number of aromatic amines is 1. The average molecular weight is 418 g/mol. The molecule has 152 valence electrons. The lowest BCUT2D eigenvalue weighted by molar-refractivity contribution is -0.929. The SMILES string of the molecule is O=C(CCc1c[nH]c2ccccc12)Nc1nc2c(s1)C[NH+](Cc1ccccc1)CC2. The number of hydrogen-bond acceptors (Lipinski definition) is 3. The van der Waals surface area contributed by atoms with Crippen molar-refractivity contribution in [1.82, 2.24) is 9.97 Å². The summed E-state index contributed by atoms with van der Waals surface area (Å²) in [6.07, 6.45) is 4.15. The summed E-state index contributed by atoms with van der Waals surface area (Å²) in [7, 11) is 0. The van der Waals surface area contributed by atoms with Crippen molar-refractivity contribution in [3.63, 3.8) is 0 Å². The second-order valence-electron chi connectivity index (χ2n) is 7.89. The number of aromatic nitrogens is 2. The summed E-state index contributed by atoms with van der Waals surface area (Å²) in [6, 6.07) is 18.8. The number of para-hydroxylation sites is 1. The van der Waals surface area contributed by atoms with E-state index in [1.54, 1.807) is 16.2 Å². The Morgan fingerprint density at radius 1 is 1.13 bits per heavy atom. The molecule has 3 heterocycles. The molecule has 5 nitrogen and oxygen atoms in total. The molecule has 4 aromatic rings. The lowest BCUT2D eigenvalue weighted by atomic mass is 10.1. The molecule has 3 N–H and O–H groups in total. The van der Waals surface area contributed by atoms with Crippen LogP contribution in [0.5, 0.6) is 0 Å². The van der Waals surface area contributed by atoms with Gasteiger partial charge in [-0.25, -0.2) is 4.98 Å². The molecular weight excluding hydrogens is 392 g/mol. The van der Waals surface area contributed by atoms with Crippen LogP contribution in [0, 0.1) is 0 Å². The summed E-state index contributed by atoms with van der Waals surface area (Å²) in [5.41, 5.74) is 4.82. The fourth-order valence-corrected chi connectivity index (χ4v) is 5.28. The fraction of sp³-hybridized carbons (Fsp3) is 0.250. The van der Waals surface area contributed by atoms with Gasteiger partial charge in [-0.1, -0.05) is 59.9 Å². The van der Waals surface area contributed by atoms with Crippen molar-refractivity contribution in [2.24, 2.45) is 0 Å². The summed E-state index contributed by atoms with van der Waals surface area (Å²) < 4.78 is 0. The third-order valence-electron chi connectivity index (χ3n) is 5.74. The van der Waals surface area contributed by atoms with Gasteiger partial charge >= 0.3 is 0 Å².